The summed E-state index contributed by atoms with van der Waals surface area (Å²) in [4.78, 5) is 11.8. The Kier molecular flexibility index (Phi) is 25.2. The maximum atomic E-state index is 11.8. The summed E-state index contributed by atoms with van der Waals surface area (Å²) in [6.45, 7) is 4.50. The van der Waals surface area contributed by atoms with Gasteiger partial charge in [-0.25, -0.2) is 0 Å². The van der Waals surface area contributed by atoms with Crippen LogP contribution >= 0.6 is 0 Å². The fourth-order valence-corrected chi connectivity index (χ4v) is 4.16. The molecule has 4 heteroatoms. The van der Waals surface area contributed by atoms with Crippen LogP contribution in [0.2, 0.25) is 0 Å². The number of carbonyl (C=O) groups excluding carboxylic acids is 1. The number of aliphatic carboxylic acids is 1. The van der Waals surface area contributed by atoms with Gasteiger partial charge < -0.3 is 15.2 Å². The van der Waals surface area contributed by atoms with Gasteiger partial charge in [0.2, 0.25) is 0 Å². The van der Waals surface area contributed by atoms with Crippen LogP contribution in [0.15, 0.2) is 0 Å². The first-order valence-corrected chi connectivity index (χ1v) is 12.5. The molecule has 1 atom stereocenters. The molecular formula is C25H50NNaO2. The SMILES string of the molecule is CCCCCCCCCCCCC(CCCCCCCCCC)(NC)C(=O)[O-].[Na+]. The van der Waals surface area contributed by atoms with Crippen LogP contribution in [0.3, 0.4) is 0 Å². The van der Waals surface area contributed by atoms with Crippen molar-refractivity contribution in [3.05, 3.63) is 0 Å². The maximum absolute atomic E-state index is 11.8. The van der Waals surface area contributed by atoms with Crippen LogP contribution < -0.4 is 40.0 Å². The molecule has 0 radical (unpaired) electrons. The van der Waals surface area contributed by atoms with Gasteiger partial charge in [-0.15, -0.1) is 0 Å². The Bertz CT molecular complexity index is 352. The standard InChI is InChI=1S/C25H51NO2.Na/c1-4-6-8-10-12-14-15-17-19-21-23-25(26-3,24(27)28)22-20-18-16-13-11-9-7-5-2;/h26H,4-23H2,1-3H3,(H,27,28);/q;+1/p-1. The third-order valence-corrected chi connectivity index (χ3v) is 6.28. The fourth-order valence-electron chi connectivity index (χ4n) is 4.16. The van der Waals surface area contributed by atoms with Gasteiger partial charge in [0.1, 0.15) is 0 Å². The van der Waals surface area contributed by atoms with Gasteiger partial charge in [0.15, 0.2) is 0 Å². The van der Waals surface area contributed by atoms with Crippen LogP contribution in [-0.2, 0) is 4.79 Å². The minimum atomic E-state index is -0.908. The van der Waals surface area contributed by atoms with E-state index in [0.717, 1.165) is 25.7 Å². The summed E-state index contributed by atoms with van der Waals surface area (Å²) in [6.07, 6.45) is 24.1. The van der Waals surface area contributed by atoms with E-state index in [1.165, 1.54) is 89.9 Å². The smallest absolute Gasteiger partial charge is 0.548 e. The quantitative estimate of drug-likeness (QED) is 0.216. The first-order chi connectivity index (χ1) is 13.6. The molecule has 0 aliphatic carbocycles. The number of carboxylic acid groups (broad SMARTS) is 1. The summed E-state index contributed by atoms with van der Waals surface area (Å²) >= 11 is 0. The summed E-state index contributed by atoms with van der Waals surface area (Å²) in [5, 5.41) is 14.9. The molecule has 3 nitrogen and oxygen atoms in total. The largest absolute Gasteiger partial charge is 1.00 e. The molecule has 0 aliphatic rings. The van der Waals surface area contributed by atoms with Crippen molar-refractivity contribution >= 4 is 5.97 Å². The van der Waals surface area contributed by atoms with Crippen LogP contribution in [0.25, 0.3) is 0 Å². The van der Waals surface area contributed by atoms with E-state index in [1.807, 2.05) is 0 Å². The van der Waals surface area contributed by atoms with Crippen LogP contribution in [0.1, 0.15) is 142 Å². The molecule has 0 aromatic rings. The van der Waals surface area contributed by atoms with Crippen molar-refractivity contribution in [3.8, 4) is 0 Å². The van der Waals surface area contributed by atoms with Crippen molar-refractivity contribution < 1.29 is 39.5 Å². The van der Waals surface area contributed by atoms with Crippen LogP contribution in [0.5, 0.6) is 0 Å². The summed E-state index contributed by atoms with van der Waals surface area (Å²) in [5.41, 5.74) is -0.817. The number of hydrogen-bond acceptors (Lipinski definition) is 3. The van der Waals surface area contributed by atoms with E-state index in [0.29, 0.717) is 12.8 Å². The second kappa shape index (κ2) is 23.1. The van der Waals surface area contributed by atoms with E-state index in [1.54, 1.807) is 7.05 Å². The number of rotatable bonds is 22. The minimum Gasteiger partial charge on any atom is -0.548 e. The van der Waals surface area contributed by atoms with E-state index in [-0.39, 0.29) is 29.6 Å². The Hall–Kier alpha value is 0.430. The third-order valence-electron chi connectivity index (χ3n) is 6.28. The number of nitrogens with one attached hydrogen (secondary N) is 1. The van der Waals surface area contributed by atoms with E-state index in [2.05, 4.69) is 19.2 Å². The average Bonchev–Trinajstić information content (AvgIpc) is 2.69. The molecule has 0 fully saturated rings. The molecule has 0 saturated heterocycles. The molecule has 0 amide bonds. The zero-order valence-electron chi connectivity index (χ0n) is 20.5. The molecule has 0 bridgehead atoms. The monoisotopic (exact) mass is 419 g/mol. The van der Waals surface area contributed by atoms with Crippen molar-refractivity contribution in [1.82, 2.24) is 5.32 Å². The minimum absolute atomic E-state index is 0. The molecule has 168 valence electrons. The molecule has 0 aromatic heterocycles. The molecule has 0 aromatic carbocycles. The molecule has 0 heterocycles. The summed E-state index contributed by atoms with van der Waals surface area (Å²) in [7, 11) is 1.79. The van der Waals surface area contributed by atoms with Crippen molar-refractivity contribution in [2.24, 2.45) is 0 Å². The van der Waals surface area contributed by atoms with Gasteiger partial charge in [0.05, 0.1) is 11.5 Å². The van der Waals surface area contributed by atoms with E-state index in [9.17, 15) is 9.90 Å². The molecule has 0 spiro atoms. The normalized spacial score (nSPS) is 13.1. The first-order valence-electron chi connectivity index (χ1n) is 12.5. The molecule has 0 aliphatic heterocycles. The van der Waals surface area contributed by atoms with Crippen molar-refractivity contribution in [2.75, 3.05) is 7.05 Å². The zero-order chi connectivity index (χ0) is 20.9. The Morgan fingerprint density at radius 2 is 0.897 bits per heavy atom. The van der Waals surface area contributed by atoms with Gasteiger partial charge in [0.25, 0.3) is 0 Å². The molecule has 1 unspecified atom stereocenters. The molecular weight excluding hydrogens is 369 g/mol. The Morgan fingerprint density at radius 3 is 1.14 bits per heavy atom. The number of likely N-dealkylation sites (N-methyl/N-ethyl adjacent to an activating group) is 1. The van der Waals surface area contributed by atoms with Crippen LogP contribution in [0.4, 0.5) is 0 Å². The summed E-state index contributed by atoms with van der Waals surface area (Å²) < 4.78 is 0. The van der Waals surface area contributed by atoms with E-state index >= 15 is 0 Å². The second-order valence-electron chi connectivity index (χ2n) is 8.78. The Labute approximate surface area is 204 Å². The molecule has 0 saturated carbocycles. The van der Waals surface area contributed by atoms with E-state index < -0.39 is 11.5 Å². The third kappa shape index (κ3) is 17.8. The topological polar surface area (TPSA) is 52.2 Å². The Balaban J connectivity index is 0. The maximum Gasteiger partial charge on any atom is 1.00 e. The van der Waals surface area contributed by atoms with Gasteiger partial charge >= 0.3 is 29.6 Å². The summed E-state index contributed by atoms with van der Waals surface area (Å²) in [6, 6.07) is 0. The molecule has 1 N–H and O–H groups in total. The molecule has 0 rings (SSSR count). The van der Waals surface area contributed by atoms with Gasteiger partial charge in [-0.05, 0) is 19.9 Å². The average molecular weight is 420 g/mol. The Morgan fingerprint density at radius 1 is 0.621 bits per heavy atom. The molecule has 29 heavy (non-hydrogen) atoms. The van der Waals surface area contributed by atoms with Crippen LogP contribution in [-0.4, -0.2) is 18.6 Å². The number of carbonyl (C=O) groups is 1. The zero-order valence-corrected chi connectivity index (χ0v) is 22.5. The van der Waals surface area contributed by atoms with Gasteiger partial charge in [-0.3, -0.25) is 0 Å². The fraction of sp³-hybridized carbons (Fsp3) is 0.960. The van der Waals surface area contributed by atoms with E-state index in [4.69, 9.17) is 0 Å². The van der Waals surface area contributed by atoms with Crippen molar-refractivity contribution in [3.63, 3.8) is 0 Å². The van der Waals surface area contributed by atoms with Gasteiger partial charge in [-0.2, -0.15) is 0 Å². The summed E-state index contributed by atoms with van der Waals surface area (Å²) in [5.74, 6) is -0.908. The number of hydrogen-bond donors (Lipinski definition) is 1. The van der Waals surface area contributed by atoms with Gasteiger partial charge in [0, 0.05) is 0 Å². The predicted octanol–water partition coefficient (Wildman–Crippen LogP) is 3.54. The number of unbranched alkanes of at least 4 members (excludes halogenated alkanes) is 16. The van der Waals surface area contributed by atoms with Crippen molar-refractivity contribution in [2.45, 2.75) is 148 Å². The second-order valence-corrected chi connectivity index (χ2v) is 8.78. The van der Waals surface area contributed by atoms with Gasteiger partial charge in [-0.1, -0.05) is 129 Å². The number of carboxylic acids is 1. The van der Waals surface area contributed by atoms with Crippen molar-refractivity contribution in [1.29, 1.82) is 0 Å². The first kappa shape index (κ1) is 31.6. The predicted molar refractivity (Wildman–Crippen MR) is 120 cm³/mol. The van der Waals surface area contributed by atoms with Crippen LogP contribution in [0, 0.1) is 0 Å².